The van der Waals surface area contributed by atoms with E-state index in [4.69, 9.17) is 10.3 Å². The normalized spacial score (nSPS) is 10.9. The third-order valence-electron chi connectivity index (χ3n) is 2.18. The monoisotopic (exact) mass is 217 g/mol. The largest absolute Gasteiger partial charge is 0.368 e. The zero-order chi connectivity index (χ0) is 10.3. The highest BCUT2D eigenvalue weighted by Gasteiger charge is 2.05. The average molecular weight is 217 g/mol. The maximum Gasteiger partial charge on any atom is 0.222 e. The van der Waals surface area contributed by atoms with Gasteiger partial charge in [0.05, 0.1) is 4.70 Å². The lowest BCUT2D eigenvalue weighted by molar-refractivity contribution is 0.439. The lowest BCUT2D eigenvalue weighted by atomic mass is 10.1. The number of nitrogen functional groups attached to an aromatic ring is 1. The van der Waals surface area contributed by atoms with E-state index in [9.17, 15) is 0 Å². The minimum absolute atomic E-state index is 0.327. The molecule has 0 unspecified atom stereocenters. The van der Waals surface area contributed by atoms with Gasteiger partial charge in [-0.3, -0.25) is 0 Å². The number of aromatic nitrogens is 2. The molecule has 0 aliphatic heterocycles. The van der Waals surface area contributed by atoms with Crippen LogP contribution in [-0.2, 0) is 0 Å². The van der Waals surface area contributed by atoms with Crippen LogP contribution >= 0.6 is 11.5 Å². The Labute approximate surface area is 89.5 Å². The summed E-state index contributed by atoms with van der Waals surface area (Å²) in [5.41, 5.74) is 7.21. The Morgan fingerprint density at radius 3 is 3.00 bits per heavy atom. The first-order valence-electron chi connectivity index (χ1n) is 4.40. The van der Waals surface area contributed by atoms with Crippen molar-refractivity contribution in [2.45, 2.75) is 0 Å². The van der Waals surface area contributed by atoms with E-state index in [1.807, 2.05) is 24.4 Å². The molecule has 0 spiro atoms. The Hall–Kier alpha value is -1.88. The Kier molecular flexibility index (Phi) is 1.72. The zero-order valence-corrected chi connectivity index (χ0v) is 8.49. The summed E-state index contributed by atoms with van der Waals surface area (Å²) in [6.07, 6.45) is 1.84. The van der Waals surface area contributed by atoms with Crippen molar-refractivity contribution >= 4 is 27.5 Å². The summed E-state index contributed by atoms with van der Waals surface area (Å²) in [4.78, 5) is 0. The molecular weight excluding hydrogens is 210 g/mol. The van der Waals surface area contributed by atoms with E-state index >= 15 is 0 Å². The zero-order valence-electron chi connectivity index (χ0n) is 7.68. The molecule has 74 valence electrons. The number of hydrogen-bond acceptors (Lipinski definition) is 5. The third kappa shape index (κ3) is 1.37. The van der Waals surface area contributed by atoms with Crippen molar-refractivity contribution in [1.29, 1.82) is 0 Å². The first kappa shape index (κ1) is 8.43. The van der Waals surface area contributed by atoms with Crippen LogP contribution in [0.4, 0.5) is 5.88 Å². The second-order valence-electron chi connectivity index (χ2n) is 3.19. The SMILES string of the molecule is Nc1cc(-c2ccc3sncc3c2)no1. The first-order valence-corrected chi connectivity index (χ1v) is 5.17. The number of benzene rings is 1. The fraction of sp³-hybridized carbons (Fsp3) is 0. The number of hydrogen-bond donors (Lipinski definition) is 1. The summed E-state index contributed by atoms with van der Waals surface area (Å²) < 4.78 is 10.1. The quantitative estimate of drug-likeness (QED) is 0.680. The molecule has 0 aliphatic carbocycles. The first-order chi connectivity index (χ1) is 7.33. The topological polar surface area (TPSA) is 64.9 Å². The highest BCUT2D eigenvalue weighted by Crippen LogP contribution is 2.26. The lowest BCUT2D eigenvalue weighted by Gasteiger charge is -1.94. The van der Waals surface area contributed by atoms with Gasteiger partial charge in [-0.05, 0) is 23.7 Å². The van der Waals surface area contributed by atoms with E-state index in [2.05, 4.69) is 9.53 Å². The van der Waals surface area contributed by atoms with Gasteiger partial charge in [0.2, 0.25) is 5.88 Å². The smallest absolute Gasteiger partial charge is 0.222 e. The van der Waals surface area contributed by atoms with Gasteiger partial charge >= 0.3 is 0 Å². The summed E-state index contributed by atoms with van der Waals surface area (Å²) in [7, 11) is 0. The Balaban J connectivity index is 2.18. The van der Waals surface area contributed by atoms with Gasteiger partial charge in [0, 0.05) is 23.2 Å². The van der Waals surface area contributed by atoms with Gasteiger partial charge in [-0.25, -0.2) is 0 Å². The van der Waals surface area contributed by atoms with Gasteiger partial charge in [-0.2, -0.15) is 4.37 Å². The molecule has 1 aromatic carbocycles. The van der Waals surface area contributed by atoms with Crippen LogP contribution in [-0.4, -0.2) is 9.53 Å². The van der Waals surface area contributed by atoms with Crippen molar-refractivity contribution in [3.05, 3.63) is 30.5 Å². The fourth-order valence-electron chi connectivity index (χ4n) is 1.46. The maximum absolute atomic E-state index is 5.47. The fourth-order valence-corrected chi connectivity index (χ4v) is 2.08. The summed E-state index contributed by atoms with van der Waals surface area (Å²) in [6.45, 7) is 0. The highest BCUT2D eigenvalue weighted by atomic mass is 32.1. The van der Waals surface area contributed by atoms with E-state index in [1.54, 1.807) is 6.07 Å². The van der Waals surface area contributed by atoms with Crippen LogP contribution in [0.5, 0.6) is 0 Å². The molecule has 0 atom stereocenters. The summed E-state index contributed by atoms with van der Waals surface area (Å²) in [5, 5.41) is 4.97. The van der Waals surface area contributed by atoms with Gasteiger partial charge in [-0.15, -0.1) is 0 Å². The predicted octanol–water partition coefficient (Wildman–Crippen LogP) is 2.53. The summed E-state index contributed by atoms with van der Waals surface area (Å²) in [5.74, 6) is 0.327. The molecule has 3 rings (SSSR count). The lowest BCUT2D eigenvalue weighted by Crippen LogP contribution is -1.77. The van der Waals surface area contributed by atoms with Gasteiger partial charge in [0.1, 0.15) is 5.69 Å². The Morgan fingerprint density at radius 1 is 1.27 bits per heavy atom. The second kappa shape index (κ2) is 3.06. The molecule has 0 aliphatic rings. The van der Waals surface area contributed by atoms with E-state index in [-0.39, 0.29) is 0 Å². The van der Waals surface area contributed by atoms with Crippen molar-refractivity contribution in [2.24, 2.45) is 0 Å². The van der Waals surface area contributed by atoms with E-state index in [0.717, 1.165) is 21.3 Å². The molecule has 4 nitrogen and oxygen atoms in total. The van der Waals surface area contributed by atoms with Crippen molar-refractivity contribution in [2.75, 3.05) is 5.73 Å². The van der Waals surface area contributed by atoms with Crippen LogP contribution in [0, 0.1) is 0 Å². The van der Waals surface area contributed by atoms with Crippen LogP contribution in [0.3, 0.4) is 0 Å². The molecule has 2 heterocycles. The van der Waals surface area contributed by atoms with Crippen molar-refractivity contribution < 1.29 is 4.52 Å². The van der Waals surface area contributed by atoms with Gasteiger partial charge in [-0.1, -0.05) is 11.2 Å². The molecule has 3 aromatic rings. The summed E-state index contributed by atoms with van der Waals surface area (Å²) in [6, 6.07) is 7.74. The second-order valence-corrected chi connectivity index (χ2v) is 4.03. The molecule has 0 saturated heterocycles. The molecule has 2 aromatic heterocycles. The van der Waals surface area contributed by atoms with Crippen LogP contribution in [0.2, 0.25) is 0 Å². The molecule has 0 fully saturated rings. The highest BCUT2D eigenvalue weighted by molar-refractivity contribution is 7.13. The maximum atomic E-state index is 5.47. The molecule has 0 radical (unpaired) electrons. The number of nitrogens with two attached hydrogens (primary N) is 1. The number of fused-ring (bicyclic) bond motifs is 1. The minimum atomic E-state index is 0.327. The van der Waals surface area contributed by atoms with Crippen LogP contribution in [0.15, 0.2) is 35.0 Å². The molecule has 2 N–H and O–H groups in total. The van der Waals surface area contributed by atoms with Crippen molar-refractivity contribution in [3.8, 4) is 11.3 Å². The molecule has 5 heteroatoms. The predicted molar refractivity (Wildman–Crippen MR) is 59.5 cm³/mol. The van der Waals surface area contributed by atoms with Gasteiger partial charge in [0.15, 0.2) is 0 Å². The molecule has 0 saturated carbocycles. The number of rotatable bonds is 1. The van der Waals surface area contributed by atoms with Gasteiger partial charge < -0.3 is 10.3 Å². The Morgan fingerprint density at radius 2 is 2.20 bits per heavy atom. The number of nitrogens with zero attached hydrogens (tertiary/aromatic N) is 2. The number of anilines is 1. The van der Waals surface area contributed by atoms with Crippen LogP contribution < -0.4 is 5.73 Å². The summed E-state index contributed by atoms with van der Waals surface area (Å²) >= 11 is 1.48. The van der Waals surface area contributed by atoms with Gasteiger partial charge in [0.25, 0.3) is 0 Å². The molecule has 15 heavy (non-hydrogen) atoms. The van der Waals surface area contributed by atoms with Crippen LogP contribution in [0.25, 0.3) is 21.3 Å². The average Bonchev–Trinajstić information content (AvgIpc) is 2.84. The molecule has 0 amide bonds. The minimum Gasteiger partial charge on any atom is -0.368 e. The standard InChI is InChI=1S/C10H7N3OS/c11-10-4-8(13-14-10)6-1-2-9-7(3-6)5-12-15-9/h1-5H,11H2. The van der Waals surface area contributed by atoms with E-state index < -0.39 is 0 Å². The Bertz CT molecular complexity index is 614. The van der Waals surface area contributed by atoms with Crippen LogP contribution in [0.1, 0.15) is 0 Å². The molecule has 0 bridgehead atoms. The molecular formula is C10H7N3OS. The van der Waals surface area contributed by atoms with E-state index in [1.165, 1.54) is 11.5 Å². The van der Waals surface area contributed by atoms with E-state index in [0.29, 0.717) is 5.88 Å². The van der Waals surface area contributed by atoms with Crippen molar-refractivity contribution in [1.82, 2.24) is 9.53 Å². The van der Waals surface area contributed by atoms with Crippen molar-refractivity contribution in [3.63, 3.8) is 0 Å². The third-order valence-corrected chi connectivity index (χ3v) is 2.96.